The molecular formula is C17H24BrNO2. The number of fused-ring (bicyclic) bond motifs is 1. The van der Waals surface area contributed by atoms with Crippen molar-refractivity contribution in [3.05, 3.63) is 29.3 Å². The van der Waals surface area contributed by atoms with Gasteiger partial charge in [0.05, 0.1) is 5.41 Å². The fourth-order valence-electron chi connectivity index (χ4n) is 2.93. The molecule has 1 aliphatic rings. The molecule has 21 heavy (non-hydrogen) atoms. The van der Waals surface area contributed by atoms with E-state index >= 15 is 0 Å². The number of benzene rings is 1. The number of unbranched alkanes of at least 4 members (excludes halogenated alkanes) is 1. The number of aliphatic carboxylic acids is 1. The highest BCUT2D eigenvalue weighted by Crippen LogP contribution is 2.39. The summed E-state index contributed by atoms with van der Waals surface area (Å²) in [6.45, 7) is 9.74. The van der Waals surface area contributed by atoms with Gasteiger partial charge < -0.3 is 22.1 Å². The molecule has 0 aromatic heterocycles. The first-order valence-electron chi connectivity index (χ1n) is 7.28. The molecule has 0 radical (unpaired) electrons. The van der Waals surface area contributed by atoms with Crippen molar-refractivity contribution < 1.29 is 31.5 Å². The molecule has 0 aliphatic carbocycles. The minimum Gasteiger partial charge on any atom is -1.00 e. The lowest BCUT2D eigenvalue weighted by atomic mass is 9.82. The normalized spacial score (nSPS) is 15.6. The summed E-state index contributed by atoms with van der Waals surface area (Å²) in [5, 5.41) is 8.71. The smallest absolute Gasteiger partial charge is 0.303 e. The molecule has 0 fully saturated rings. The van der Waals surface area contributed by atoms with Crippen LogP contribution in [-0.4, -0.2) is 27.9 Å². The van der Waals surface area contributed by atoms with Crippen LogP contribution in [0.1, 0.15) is 51.2 Å². The maximum Gasteiger partial charge on any atom is 0.303 e. The van der Waals surface area contributed by atoms with Gasteiger partial charge in [-0.1, -0.05) is 11.6 Å². The molecule has 1 aromatic carbocycles. The number of hydrogen-bond acceptors (Lipinski definition) is 1. The van der Waals surface area contributed by atoms with Crippen molar-refractivity contribution >= 4 is 17.4 Å². The number of hydrogen-bond donors (Lipinski definition) is 1. The van der Waals surface area contributed by atoms with Crippen LogP contribution in [0.3, 0.4) is 0 Å². The molecule has 0 bridgehead atoms. The third-order valence-corrected chi connectivity index (χ3v) is 4.45. The highest BCUT2D eigenvalue weighted by Gasteiger charge is 2.42. The summed E-state index contributed by atoms with van der Waals surface area (Å²) in [6, 6.07) is 6.62. The number of carboxylic acids is 1. The van der Waals surface area contributed by atoms with E-state index in [1.54, 1.807) is 0 Å². The Labute approximate surface area is 137 Å². The van der Waals surface area contributed by atoms with E-state index in [1.807, 2.05) is 0 Å². The van der Waals surface area contributed by atoms with Crippen LogP contribution >= 0.6 is 0 Å². The molecule has 3 nitrogen and oxygen atoms in total. The Bertz CT molecular complexity index is 576. The molecule has 1 N–H and O–H groups in total. The SMILES string of the molecule is CC1=[N+](CCCCC(=O)O)c2ccc(C)cc2C1(C)C.[Br-]. The second-order valence-electron chi connectivity index (χ2n) is 6.23. The van der Waals surface area contributed by atoms with Crippen LogP contribution in [0.4, 0.5) is 5.69 Å². The molecule has 2 rings (SSSR count). The van der Waals surface area contributed by atoms with Gasteiger partial charge in [0.1, 0.15) is 6.54 Å². The number of carboxylic acid groups (broad SMARTS) is 1. The summed E-state index contributed by atoms with van der Waals surface area (Å²) >= 11 is 0. The summed E-state index contributed by atoms with van der Waals surface area (Å²) in [7, 11) is 0. The maximum atomic E-state index is 10.6. The monoisotopic (exact) mass is 353 g/mol. The van der Waals surface area contributed by atoms with E-state index in [0.29, 0.717) is 0 Å². The quantitative estimate of drug-likeness (QED) is 0.623. The van der Waals surface area contributed by atoms with E-state index in [2.05, 4.69) is 50.5 Å². The van der Waals surface area contributed by atoms with Crippen molar-refractivity contribution in [1.29, 1.82) is 0 Å². The maximum absolute atomic E-state index is 10.6. The largest absolute Gasteiger partial charge is 1.00 e. The zero-order valence-electron chi connectivity index (χ0n) is 13.2. The first kappa shape index (κ1) is 17.9. The van der Waals surface area contributed by atoms with E-state index in [-0.39, 0.29) is 28.8 Å². The van der Waals surface area contributed by atoms with Gasteiger partial charge in [-0.2, -0.15) is 4.58 Å². The molecule has 0 atom stereocenters. The fraction of sp³-hybridized carbons (Fsp3) is 0.529. The van der Waals surface area contributed by atoms with Crippen molar-refractivity contribution in [3.63, 3.8) is 0 Å². The second kappa shape index (κ2) is 6.73. The van der Waals surface area contributed by atoms with E-state index < -0.39 is 5.97 Å². The Morgan fingerprint density at radius 1 is 1.24 bits per heavy atom. The molecule has 0 unspecified atom stereocenters. The molecule has 1 aliphatic heterocycles. The number of nitrogens with zero attached hydrogens (tertiary/aromatic N) is 1. The van der Waals surface area contributed by atoms with Crippen LogP contribution in [0.5, 0.6) is 0 Å². The van der Waals surface area contributed by atoms with Crippen molar-refractivity contribution in [2.75, 3.05) is 6.54 Å². The number of rotatable bonds is 5. The zero-order valence-corrected chi connectivity index (χ0v) is 14.8. The first-order chi connectivity index (χ1) is 9.34. The van der Waals surface area contributed by atoms with Gasteiger partial charge in [-0.3, -0.25) is 4.79 Å². The van der Waals surface area contributed by atoms with Crippen LogP contribution in [0.15, 0.2) is 18.2 Å². The molecule has 1 aromatic rings. The van der Waals surface area contributed by atoms with Crippen LogP contribution < -0.4 is 17.0 Å². The predicted molar refractivity (Wildman–Crippen MR) is 81.2 cm³/mol. The molecule has 0 spiro atoms. The predicted octanol–water partition coefficient (Wildman–Crippen LogP) is 0.650. The minimum atomic E-state index is -0.705. The number of aryl methyl sites for hydroxylation is 1. The standard InChI is InChI=1S/C17H23NO2.BrH/c1-12-8-9-15-14(11-12)17(3,4)13(2)18(15)10-6-5-7-16(19)20;/h8-9,11H,5-7,10H2,1-4H3;1H. The molecule has 116 valence electrons. The Kier molecular flexibility index (Phi) is 5.74. The van der Waals surface area contributed by atoms with Gasteiger partial charge in [0.15, 0.2) is 5.71 Å². The lowest BCUT2D eigenvalue weighted by molar-refractivity contribution is -0.439. The summed E-state index contributed by atoms with van der Waals surface area (Å²) in [4.78, 5) is 10.6. The van der Waals surface area contributed by atoms with E-state index in [1.165, 1.54) is 22.5 Å². The topological polar surface area (TPSA) is 40.3 Å². The lowest BCUT2D eigenvalue weighted by Gasteiger charge is -2.15. The van der Waals surface area contributed by atoms with Crippen LogP contribution in [0.2, 0.25) is 0 Å². The van der Waals surface area contributed by atoms with Gasteiger partial charge in [-0.25, -0.2) is 0 Å². The Balaban J connectivity index is 0.00000220. The molecular weight excluding hydrogens is 330 g/mol. The third-order valence-electron chi connectivity index (χ3n) is 4.45. The van der Waals surface area contributed by atoms with Gasteiger partial charge in [-0.15, -0.1) is 0 Å². The number of carbonyl (C=O) groups is 1. The van der Waals surface area contributed by atoms with Crippen molar-refractivity contribution in [2.45, 2.75) is 52.4 Å². The van der Waals surface area contributed by atoms with E-state index in [4.69, 9.17) is 5.11 Å². The van der Waals surface area contributed by atoms with E-state index in [0.717, 1.165) is 19.4 Å². The fourth-order valence-corrected chi connectivity index (χ4v) is 2.93. The number of halogens is 1. The van der Waals surface area contributed by atoms with Crippen molar-refractivity contribution in [2.24, 2.45) is 0 Å². The van der Waals surface area contributed by atoms with Gasteiger partial charge in [0.25, 0.3) is 0 Å². The highest BCUT2D eigenvalue weighted by atomic mass is 79.9. The highest BCUT2D eigenvalue weighted by molar-refractivity contribution is 5.93. The molecule has 0 amide bonds. The van der Waals surface area contributed by atoms with Crippen LogP contribution in [0, 0.1) is 6.92 Å². The van der Waals surface area contributed by atoms with Crippen LogP contribution in [-0.2, 0) is 10.2 Å². The van der Waals surface area contributed by atoms with Gasteiger partial charge in [0.2, 0.25) is 5.69 Å². The van der Waals surface area contributed by atoms with E-state index in [9.17, 15) is 4.79 Å². The average Bonchev–Trinajstić information content (AvgIpc) is 2.55. The average molecular weight is 354 g/mol. The summed E-state index contributed by atoms with van der Waals surface area (Å²) < 4.78 is 2.36. The first-order valence-corrected chi connectivity index (χ1v) is 7.28. The lowest BCUT2D eigenvalue weighted by Crippen LogP contribution is -3.00. The molecule has 1 heterocycles. The van der Waals surface area contributed by atoms with Crippen molar-refractivity contribution in [3.8, 4) is 0 Å². The Morgan fingerprint density at radius 3 is 2.52 bits per heavy atom. The Hall–Kier alpha value is -1.16. The summed E-state index contributed by atoms with van der Waals surface area (Å²) in [5.74, 6) is -0.705. The summed E-state index contributed by atoms with van der Waals surface area (Å²) in [5.41, 5.74) is 5.38. The molecule has 4 heteroatoms. The van der Waals surface area contributed by atoms with Crippen LogP contribution in [0.25, 0.3) is 0 Å². The Morgan fingerprint density at radius 2 is 1.90 bits per heavy atom. The summed E-state index contributed by atoms with van der Waals surface area (Å²) in [6.07, 6.45) is 1.91. The van der Waals surface area contributed by atoms with Gasteiger partial charge in [-0.05, 0) is 33.3 Å². The third kappa shape index (κ3) is 3.54. The minimum absolute atomic E-state index is 0. The second-order valence-corrected chi connectivity index (χ2v) is 6.23. The molecule has 0 saturated carbocycles. The van der Waals surface area contributed by atoms with Crippen molar-refractivity contribution in [1.82, 2.24) is 0 Å². The molecule has 0 saturated heterocycles. The van der Waals surface area contributed by atoms with Gasteiger partial charge in [0, 0.05) is 31.4 Å². The van der Waals surface area contributed by atoms with Gasteiger partial charge >= 0.3 is 5.97 Å². The zero-order chi connectivity index (χ0) is 14.9.